The lowest BCUT2D eigenvalue weighted by atomic mass is 9.90. The molecule has 0 spiro atoms. The zero-order chi connectivity index (χ0) is 40.5. The van der Waals surface area contributed by atoms with Crippen molar-refractivity contribution in [2.45, 2.75) is 0 Å². The van der Waals surface area contributed by atoms with Gasteiger partial charge in [0, 0.05) is 44.3 Å². The number of benzene rings is 8. The second-order valence-corrected chi connectivity index (χ2v) is 15.2. The summed E-state index contributed by atoms with van der Waals surface area (Å²) in [5.74, 6) is 0.697. The molecule has 0 radical (unpaired) electrons. The SMILES string of the molecule is c1ccc(-c2cc(-c3ccccc3)nc(-c3ccc(-c4ccc(-c5c(-c6ccccc6)n6nc(-c7ccccc7)c(-c7ccccc7)c6c6ccccc56)cc4)cc3)n2)cc1. The minimum Gasteiger partial charge on any atom is -0.231 e. The van der Waals surface area contributed by atoms with Crippen LogP contribution in [0.15, 0.2) is 231 Å². The average Bonchev–Trinajstić information content (AvgIpc) is 3.76. The van der Waals surface area contributed by atoms with E-state index in [1.807, 2.05) is 36.4 Å². The number of rotatable bonds is 8. The first-order valence-electron chi connectivity index (χ1n) is 20.6. The fraction of sp³-hybridized carbons (Fsp3) is 0. The van der Waals surface area contributed by atoms with Gasteiger partial charge in [0.05, 0.1) is 22.6 Å². The second-order valence-electron chi connectivity index (χ2n) is 15.2. The Balaban J connectivity index is 1.04. The predicted octanol–water partition coefficient (Wildman–Crippen LogP) is 14.6. The Kier molecular flexibility index (Phi) is 9.14. The highest BCUT2D eigenvalue weighted by Crippen LogP contribution is 2.46. The number of pyridine rings is 1. The van der Waals surface area contributed by atoms with Crippen LogP contribution in [-0.2, 0) is 0 Å². The molecule has 0 aliphatic carbocycles. The van der Waals surface area contributed by atoms with E-state index in [-0.39, 0.29) is 0 Å². The standard InChI is InChI=1S/C57H38N4/c1-6-18-41(19-7-1)50-38-51(42-20-8-2-9-21-42)59-57(58-50)47-36-32-40(33-37-47)39-30-34-44(35-31-39)52-48-28-16-17-29-49(48)56-53(43-22-10-3-11-23-43)54(45-24-12-4-13-25-45)60-61(56)55(52)46-26-14-5-15-27-46/h1-38H. The lowest BCUT2D eigenvalue weighted by Crippen LogP contribution is -2.00. The van der Waals surface area contributed by atoms with E-state index in [2.05, 4.69) is 199 Å². The lowest BCUT2D eigenvalue weighted by Gasteiger charge is -2.18. The highest BCUT2D eigenvalue weighted by Gasteiger charge is 2.25. The van der Waals surface area contributed by atoms with Gasteiger partial charge < -0.3 is 0 Å². The molecule has 4 heteroatoms. The van der Waals surface area contributed by atoms with Gasteiger partial charge in [-0.25, -0.2) is 14.5 Å². The quantitative estimate of drug-likeness (QED) is 0.154. The topological polar surface area (TPSA) is 43.1 Å². The van der Waals surface area contributed by atoms with Crippen molar-refractivity contribution in [2.24, 2.45) is 0 Å². The first-order valence-corrected chi connectivity index (χ1v) is 20.6. The molecule has 3 heterocycles. The maximum atomic E-state index is 5.52. The van der Waals surface area contributed by atoms with Crippen LogP contribution in [0.2, 0.25) is 0 Å². The highest BCUT2D eigenvalue weighted by molar-refractivity contribution is 6.14. The molecule has 61 heavy (non-hydrogen) atoms. The summed E-state index contributed by atoms with van der Waals surface area (Å²) in [5, 5.41) is 7.85. The zero-order valence-corrected chi connectivity index (χ0v) is 33.2. The van der Waals surface area contributed by atoms with E-state index in [9.17, 15) is 0 Å². The zero-order valence-electron chi connectivity index (χ0n) is 33.2. The molecule has 0 N–H and O–H groups in total. The van der Waals surface area contributed by atoms with E-state index in [1.165, 1.54) is 5.39 Å². The van der Waals surface area contributed by atoms with Crippen LogP contribution in [0.3, 0.4) is 0 Å². The number of aromatic nitrogens is 4. The van der Waals surface area contributed by atoms with Crippen molar-refractivity contribution in [1.29, 1.82) is 0 Å². The minimum atomic E-state index is 0.697. The van der Waals surface area contributed by atoms with Gasteiger partial charge in [0.1, 0.15) is 5.69 Å². The first-order chi connectivity index (χ1) is 30.3. The van der Waals surface area contributed by atoms with Gasteiger partial charge in [-0.1, -0.05) is 224 Å². The smallest absolute Gasteiger partial charge is 0.160 e. The summed E-state index contributed by atoms with van der Waals surface area (Å²) in [6.07, 6.45) is 0. The minimum absolute atomic E-state index is 0.697. The Hall–Kier alpha value is -8.21. The van der Waals surface area contributed by atoms with E-state index < -0.39 is 0 Å². The molecule has 0 saturated carbocycles. The van der Waals surface area contributed by atoms with Crippen molar-refractivity contribution in [1.82, 2.24) is 19.6 Å². The Morgan fingerprint density at radius 3 is 1.21 bits per heavy atom. The number of hydrogen-bond donors (Lipinski definition) is 0. The Morgan fingerprint density at radius 2 is 0.689 bits per heavy atom. The van der Waals surface area contributed by atoms with Gasteiger partial charge in [-0.05, 0) is 33.7 Å². The molecule has 0 unspecified atom stereocenters. The van der Waals surface area contributed by atoms with Crippen LogP contribution >= 0.6 is 0 Å². The third-order valence-corrected chi connectivity index (χ3v) is 11.5. The van der Waals surface area contributed by atoms with Gasteiger partial charge in [-0.2, -0.15) is 5.10 Å². The van der Waals surface area contributed by atoms with Gasteiger partial charge in [-0.3, -0.25) is 0 Å². The predicted molar refractivity (Wildman–Crippen MR) is 252 cm³/mol. The van der Waals surface area contributed by atoms with Gasteiger partial charge in [0.15, 0.2) is 5.82 Å². The molecule has 3 aromatic heterocycles. The molecule has 0 aliphatic heterocycles. The van der Waals surface area contributed by atoms with Crippen LogP contribution < -0.4 is 0 Å². The summed E-state index contributed by atoms with van der Waals surface area (Å²) in [7, 11) is 0. The van der Waals surface area contributed by atoms with Crippen LogP contribution in [-0.4, -0.2) is 19.6 Å². The first kappa shape index (κ1) is 35.9. The monoisotopic (exact) mass is 778 g/mol. The van der Waals surface area contributed by atoms with Crippen LogP contribution in [0.5, 0.6) is 0 Å². The largest absolute Gasteiger partial charge is 0.231 e. The van der Waals surface area contributed by atoms with E-state index in [1.54, 1.807) is 0 Å². The van der Waals surface area contributed by atoms with Gasteiger partial charge >= 0.3 is 0 Å². The van der Waals surface area contributed by atoms with Gasteiger partial charge in [0.25, 0.3) is 0 Å². The molecule has 0 aliphatic rings. The summed E-state index contributed by atoms with van der Waals surface area (Å²) in [6.45, 7) is 0. The van der Waals surface area contributed by atoms with Crippen LogP contribution in [0, 0.1) is 0 Å². The number of hydrogen-bond acceptors (Lipinski definition) is 3. The van der Waals surface area contributed by atoms with Crippen molar-refractivity contribution < 1.29 is 0 Å². The molecule has 11 rings (SSSR count). The molecule has 8 aromatic carbocycles. The van der Waals surface area contributed by atoms with Crippen molar-refractivity contribution in [3.63, 3.8) is 0 Å². The Morgan fingerprint density at radius 1 is 0.295 bits per heavy atom. The normalized spacial score (nSPS) is 11.3. The van der Waals surface area contributed by atoms with Crippen molar-refractivity contribution in [3.8, 4) is 89.8 Å². The van der Waals surface area contributed by atoms with E-state index in [0.717, 1.165) is 94.9 Å². The molecule has 0 bridgehead atoms. The van der Waals surface area contributed by atoms with Crippen molar-refractivity contribution in [3.05, 3.63) is 231 Å². The van der Waals surface area contributed by atoms with Gasteiger partial charge in [-0.15, -0.1) is 0 Å². The van der Waals surface area contributed by atoms with Crippen LogP contribution in [0.1, 0.15) is 0 Å². The summed E-state index contributed by atoms with van der Waals surface area (Å²) >= 11 is 0. The highest BCUT2D eigenvalue weighted by atomic mass is 15.2. The average molecular weight is 779 g/mol. The van der Waals surface area contributed by atoms with Crippen LogP contribution in [0.4, 0.5) is 0 Å². The molecule has 0 saturated heterocycles. The van der Waals surface area contributed by atoms with Crippen molar-refractivity contribution in [2.75, 3.05) is 0 Å². The molecule has 286 valence electrons. The summed E-state index contributed by atoms with van der Waals surface area (Å²) in [6, 6.07) is 80.9. The molecule has 4 nitrogen and oxygen atoms in total. The van der Waals surface area contributed by atoms with Crippen molar-refractivity contribution >= 4 is 16.3 Å². The van der Waals surface area contributed by atoms with E-state index in [4.69, 9.17) is 15.1 Å². The van der Waals surface area contributed by atoms with E-state index in [0.29, 0.717) is 5.82 Å². The summed E-state index contributed by atoms with van der Waals surface area (Å²) in [4.78, 5) is 10.1. The second kappa shape index (κ2) is 15.5. The maximum absolute atomic E-state index is 5.52. The number of nitrogens with zero attached hydrogens (tertiary/aromatic N) is 4. The molecular weight excluding hydrogens is 741 g/mol. The fourth-order valence-corrected chi connectivity index (χ4v) is 8.53. The Labute approximate surface area is 354 Å². The molecule has 0 amide bonds. The maximum Gasteiger partial charge on any atom is 0.160 e. The van der Waals surface area contributed by atoms with E-state index >= 15 is 0 Å². The molecular formula is C57H38N4. The number of fused-ring (bicyclic) bond motifs is 3. The Bertz CT molecular complexity index is 3230. The molecule has 0 fully saturated rings. The fourth-order valence-electron chi connectivity index (χ4n) is 8.53. The third-order valence-electron chi connectivity index (χ3n) is 11.5. The summed E-state index contributed by atoms with van der Waals surface area (Å²) in [5.41, 5.74) is 16.9. The third kappa shape index (κ3) is 6.67. The van der Waals surface area contributed by atoms with Gasteiger partial charge in [0.2, 0.25) is 0 Å². The molecule has 0 atom stereocenters. The molecule has 11 aromatic rings. The summed E-state index contributed by atoms with van der Waals surface area (Å²) < 4.78 is 2.20. The lowest BCUT2D eigenvalue weighted by molar-refractivity contribution is 0.981. The van der Waals surface area contributed by atoms with Crippen LogP contribution in [0.25, 0.3) is 106 Å².